The molecule has 5 nitrogen and oxygen atoms in total. The molecule has 1 aliphatic heterocycles. The molecule has 6 heteroatoms. The van der Waals surface area contributed by atoms with Crippen LogP contribution < -0.4 is 5.32 Å². The van der Waals surface area contributed by atoms with Gasteiger partial charge < -0.3 is 15.3 Å². The number of carbonyl (C=O) groups is 2. The van der Waals surface area contributed by atoms with Crippen molar-refractivity contribution in [3.05, 3.63) is 0 Å². The molecular formula is C12H22N2O3S. The highest BCUT2D eigenvalue weighted by Crippen LogP contribution is 2.19. The number of carboxylic acids is 1. The Labute approximate surface area is 112 Å². The molecule has 0 spiro atoms. The van der Waals surface area contributed by atoms with Crippen LogP contribution >= 0.6 is 11.8 Å². The van der Waals surface area contributed by atoms with Crippen LogP contribution in [0, 0.1) is 0 Å². The predicted octanol–water partition coefficient (Wildman–Crippen LogP) is 1.78. The van der Waals surface area contributed by atoms with Crippen molar-refractivity contribution in [1.82, 2.24) is 10.2 Å². The van der Waals surface area contributed by atoms with Gasteiger partial charge in [-0.05, 0) is 20.3 Å². The van der Waals surface area contributed by atoms with Gasteiger partial charge in [-0.25, -0.2) is 4.79 Å². The summed E-state index contributed by atoms with van der Waals surface area (Å²) in [6.45, 7) is 7.34. The molecule has 1 heterocycles. The number of hydrogen-bond donors (Lipinski definition) is 2. The second-order valence-corrected chi connectivity index (χ2v) is 6.88. The van der Waals surface area contributed by atoms with Crippen LogP contribution in [-0.4, -0.2) is 51.6 Å². The first-order valence-corrected chi connectivity index (χ1v) is 7.25. The Bertz CT molecular complexity index is 320. The zero-order chi connectivity index (χ0) is 13.8. The predicted molar refractivity (Wildman–Crippen MR) is 73.0 cm³/mol. The molecular weight excluding hydrogens is 252 g/mol. The zero-order valence-electron chi connectivity index (χ0n) is 11.2. The highest BCUT2D eigenvalue weighted by Gasteiger charge is 2.27. The van der Waals surface area contributed by atoms with Crippen LogP contribution in [-0.2, 0) is 4.79 Å². The Morgan fingerprint density at radius 2 is 2.17 bits per heavy atom. The van der Waals surface area contributed by atoms with Crippen LogP contribution in [0.2, 0.25) is 0 Å². The van der Waals surface area contributed by atoms with Gasteiger partial charge in [-0.1, -0.05) is 6.92 Å². The minimum atomic E-state index is -0.833. The van der Waals surface area contributed by atoms with Gasteiger partial charge in [0.1, 0.15) is 0 Å². The highest BCUT2D eigenvalue weighted by atomic mass is 32.2. The Morgan fingerprint density at radius 1 is 1.50 bits per heavy atom. The molecule has 1 fully saturated rings. The molecule has 1 aliphatic rings. The topological polar surface area (TPSA) is 69.6 Å². The molecule has 0 aromatic carbocycles. The Balaban J connectivity index is 2.44. The molecule has 2 amide bonds. The van der Waals surface area contributed by atoms with Crippen LogP contribution in [0.1, 0.15) is 33.6 Å². The van der Waals surface area contributed by atoms with Crippen molar-refractivity contribution in [2.45, 2.75) is 44.4 Å². The fraction of sp³-hybridized carbons (Fsp3) is 0.833. The van der Waals surface area contributed by atoms with E-state index in [-0.39, 0.29) is 12.5 Å². The van der Waals surface area contributed by atoms with Gasteiger partial charge in [0.05, 0.1) is 0 Å². The number of thioether (sulfide) groups is 1. The maximum absolute atomic E-state index is 12.1. The van der Waals surface area contributed by atoms with Crippen LogP contribution in [0.4, 0.5) is 4.79 Å². The van der Waals surface area contributed by atoms with E-state index >= 15 is 0 Å². The van der Waals surface area contributed by atoms with E-state index in [1.54, 1.807) is 0 Å². The summed E-state index contributed by atoms with van der Waals surface area (Å²) in [5, 5.41) is 12.0. The summed E-state index contributed by atoms with van der Waals surface area (Å²) in [6.07, 6.45) is 0.506. The number of carbonyl (C=O) groups excluding carboxylic acids is 1. The molecule has 0 saturated carbocycles. The largest absolute Gasteiger partial charge is 0.481 e. The Kier molecular flexibility index (Phi) is 5.31. The van der Waals surface area contributed by atoms with Crippen molar-refractivity contribution in [1.29, 1.82) is 0 Å². The fourth-order valence-electron chi connectivity index (χ4n) is 1.85. The van der Waals surface area contributed by atoms with Crippen molar-refractivity contribution >= 4 is 23.8 Å². The van der Waals surface area contributed by atoms with Crippen LogP contribution in [0.15, 0.2) is 0 Å². The van der Waals surface area contributed by atoms with E-state index in [0.29, 0.717) is 11.7 Å². The molecule has 18 heavy (non-hydrogen) atoms. The number of aliphatic carboxylic acids is 1. The van der Waals surface area contributed by atoms with Gasteiger partial charge in [0.25, 0.3) is 0 Å². The third-order valence-electron chi connectivity index (χ3n) is 2.94. The normalized spacial score (nSPS) is 20.6. The van der Waals surface area contributed by atoms with Crippen molar-refractivity contribution in [3.63, 3.8) is 0 Å². The number of nitrogens with zero attached hydrogens (tertiary/aromatic N) is 1. The molecule has 1 saturated heterocycles. The number of amides is 2. The van der Waals surface area contributed by atoms with Gasteiger partial charge in [0.15, 0.2) is 0 Å². The summed E-state index contributed by atoms with van der Waals surface area (Å²) in [6, 6.07) is -0.0856. The first-order chi connectivity index (χ1) is 8.30. The third-order valence-corrected chi connectivity index (χ3v) is 4.07. The molecule has 0 aromatic heterocycles. The molecule has 104 valence electrons. The Hall–Kier alpha value is -0.910. The summed E-state index contributed by atoms with van der Waals surface area (Å²) in [5.74, 6) is 0.129. The van der Waals surface area contributed by atoms with Crippen LogP contribution in [0.3, 0.4) is 0 Å². The number of hydrogen-bond acceptors (Lipinski definition) is 3. The number of rotatable bonds is 4. The van der Waals surface area contributed by atoms with Gasteiger partial charge in [-0.15, -0.1) is 0 Å². The summed E-state index contributed by atoms with van der Waals surface area (Å²) in [4.78, 5) is 24.4. The first kappa shape index (κ1) is 15.1. The van der Waals surface area contributed by atoms with Gasteiger partial charge in [-0.2, -0.15) is 11.8 Å². The molecule has 1 rings (SSSR count). The summed E-state index contributed by atoms with van der Waals surface area (Å²) in [7, 11) is 0. The SMILES string of the molecule is CC1CN(C(=O)NC(C)(C)CCC(=O)O)CCS1. The lowest BCUT2D eigenvalue weighted by atomic mass is 9.99. The Morgan fingerprint density at radius 3 is 2.72 bits per heavy atom. The molecule has 2 N–H and O–H groups in total. The fourth-order valence-corrected chi connectivity index (χ4v) is 2.87. The van der Waals surface area contributed by atoms with E-state index < -0.39 is 11.5 Å². The minimum absolute atomic E-state index is 0.0690. The molecule has 0 aliphatic carbocycles. The average Bonchev–Trinajstić information content (AvgIpc) is 2.26. The zero-order valence-corrected chi connectivity index (χ0v) is 12.0. The quantitative estimate of drug-likeness (QED) is 0.820. The first-order valence-electron chi connectivity index (χ1n) is 6.21. The van der Waals surface area contributed by atoms with E-state index in [9.17, 15) is 9.59 Å². The average molecular weight is 274 g/mol. The molecule has 1 atom stereocenters. The summed E-state index contributed by atoms with van der Waals surface area (Å²) >= 11 is 1.87. The lowest BCUT2D eigenvalue weighted by Gasteiger charge is -2.34. The number of urea groups is 1. The van der Waals surface area contributed by atoms with E-state index in [0.717, 1.165) is 18.8 Å². The second-order valence-electron chi connectivity index (χ2n) is 5.34. The van der Waals surface area contributed by atoms with E-state index in [4.69, 9.17) is 5.11 Å². The second kappa shape index (κ2) is 6.31. The summed E-state index contributed by atoms with van der Waals surface area (Å²) in [5.41, 5.74) is -0.483. The molecule has 0 aromatic rings. The minimum Gasteiger partial charge on any atom is -0.481 e. The van der Waals surface area contributed by atoms with Crippen LogP contribution in [0.5, 0.6) is 0 Å². The van der Waals surface area contributed by atoms with E-state index in [1.165, 1.54) is 0 Å². The molecule has 0 bridgehead atoms. The lowest BCUT2D eigenvalue weighted by molar-refractivity contribution is -0.137. The maximum atomic E-state index is 12.1. The van der Waals surface area contributed by atoms with Gasteiger partial charge >= 0.3 is 12.0 Å². The monoisotopic (exact) mass is 274 g/mol. The molecule has 1 unspecified atom stereocenters. The standard InChI is InChI=1S/C12H22N2O3S/c1-9-8-14(6-7-18-9)11(17)13-12(2,3)5-4-10(15)16/h9H,4-8H2,1-3H3,(H,13,17)(H,15,16). The van der Waals surface area contributed by atoms with Crippen LogP contribution in [0.25, 0.3) is 0 Å². The molecule has 0 radical (unpaired) electrons. The number of nitrogens with one attached hydrogen (secondary N) is 1. The van der Waals surface area contributed by atoms with E-state index in [2.05, 4.69) is 12.2 Å². The van der Waals surface area contributed by atoms with Gasteiger partial charge in [0.2, 0.25) is 0 Å². The maximum Gasteiger partial charge on any atom is 0.317 e. The summed E-state index contributed by atoms with van der Waals surface area (Å²) < 4.78 is 0. The van der Waals surface area contributed by atoms with Crippen molar-refractivity contribution < 1.29 is 14.7 Å². The highest BCUT2D eigenvalue weighted by molar-refractivity contribution is 7.99. The smallest absolute Gasteiger partial charge is 0.317 e. The van der Waals surface area contributed by atoms with Crippen molar-refractivity contribution in [3.8, 4) is 0 Å². The van der Waals surface area contributed by atoms with Gasteiger partial charge in [0, 0.05) is 36.1 Å². The van der Waals surface area contributed by atoms with Crippen molar-refractivity contribution in [2.24, 2.45) is 0 Å². The lowest BCUT2D eigenvalue weighted by Crippen LogP contribution is -2.53. The third kappa shape index (κ3) is 5.16. The number of carboxylic acid groups (broad SMARTS) is 1. The van der Waals surface area contributed by atoms with Crippen molar-refractivity contribution in [2.75, 3.05) is 18.8 Å². The van der Waals surface area contributed by atoms with Gasteiger partial charge in [-0.3, -0.25) is 4.79 Å². The van der Waals surface area contributed by atoms with E-state index in [1.807, 2.05) is 30.5 Å².